The van der Waals surface area contributed by atoms with E-state index in [-0.39, 0.29) is 18.4 Å². The highest BCUT2D eigenvalue weighted by atomic mass is 32.1. The monoisotopic (exact) mass is 366 g/mol. The number of amides is 1. The van der Waals surface area contributed by atoms with Gasteiger partial charge in [0, 0.05) is 52.6 Å². The average molecular weight is 366 g/mol. The van der Waals surface area contributed by atoms with Gasteiger partial charge < -0.3 is 15.3 Å². The molecular formula is C21H22N2O2S. The molecule has 1 aromatic heterocycles. The Balaban J connectivity index is 1.72. The van der Waals surface area contributed by atoms with Gasteiger partial charge in [0.15, 0.2) is 0 Å². The van der Waals surface area contributed by atoms with Crippen LogP contribution in [-0.4, -0.2) is 30.7 Å². The van der Waals surface area contributed by atoms with Gasteiger partial charge >= 0.3 is 0 Å². The van der Waals surface area contributed by atoms with Crippen LogP contribution in [0.3, 0.4) is 0 Å². The number of rotatable bonds is 2. The first kappa shape index (κ1) is 17.1. The second-order valence-corrected chi connectivity index (χ2v) is 7.81. The van der Waals surface area contributed by atoms with Crippen LogP contribution < -0.4 is 10.2 Å². The van der Waals surface area contributed by atoms with E-state index in [0.29, 0.717) is 6.42 Å². The average Bonchev–Trinajstić information content (AvgIpc) is 3.32. The first-order valence-electron chi connectivity index (χ1n) is 9.04. The molecule has 0 saturated carbocycles. The summed E-state index contributed by atoms with van der Waals surface area (Å²) in [6, 6.07) is 6.44. The van der Waals surface area contributed by atoms with E-state index in [1.165, 1.54) is 29.7 Å². The molecule has 1 atom stereocenters. The van der Waals surface area contributed by atoms with Crippen LogP contribution in [0.2, 0.25) is 0 Å². The van der Waals surface area contributed by atoms with Crippen LogP contribution in [-0.2, 0) is 4.79 Å². The fourth-order valence-corrected chi connectivity index (χ4v) is 4.92. The van der Waals surface area contributed by atoms with Crippen molar-refractivity contribution in [2.75, 3.05) is 29.9 Å². The zero-order valence-corrected chi connectivity index (χ0v) is 15.7. The van der Waals surface area contributed by atoms with Gasteiger partial charge in [-0.15, -0.1) is 11.3 Å². The lowest BCUT2D eigenvalue weighted by atomic mass is 9.87. The molecule has 3 heterocycles. The number of hydrogen-bond acceptors (Lipinski definition) is 4. The van der Waals surface area contributed by atoms with Crippen LogP contribution in [0, 0.1) is 18.8 Å². The Morgan fingerprint density at radius 1 is 1.35 bits per heavy atom. The zero-order valence-electron chi connectivity index (χ0n) is 14.8. The predicted octanol–water partition coefficient (Wildman–Crippen LogP) is 3.47. The summed E-state index contributed by atoms with van der Waals surface area (Å²) < 4.78 is 0. The second kappa shape index (κ2) is 7.14. The maximum atomic E-state index is 12.4. The molecule has 1 unspecified atom stereocenters. The number of anilines is 2. The quantitative estimate of drug-likeness (QED) is 0.800. The van der Waals surface area contributed by atoms with Crippen LogP contribution in [0.1, 0.15) is 46.7 Å². The van der Waals surface area contributed by atoms with Crippen LogP contribution >= 0.6 is 11.3 Å². The van der Waals surface area contributed by atoms with Gasteiger partial charge in [-0.25, -0.2) is 0 Å². The van der Waals surface area contributed by atoms with Crippen molar-refractivity contribution >= 4 is 28.6 Å². The lowest BCUT2D eigenvalue weighted by Gasteiger charge is -2.30. The number of benzene rings is 1. The van der Waals surface area contributed by atoms with Crippen molar-refractivity contribution in [1.29, 1.82) is 0 Å². The van der Waals surface area contributed by atoms with Gasteiger partial charge in [-0.05, 0) is 43.0 Å². The summed E-state index contributed by atoms with van der Waals surface area (Å²) >= 11 is 1.63. The van der Waals surface area contributed by atoms with Crippen LogP contribution in [0.15, 0.2) is 23.6 Å². The summed E-state index contributed by atoms with van der Waals surface area (Å²) in [5.74, 6) is 5.77. The Morgan fingerprint density at radius 2 is 2.15 bits per heavy atom. The Bertz CT molecular complexity index is 900. The lowest BCUT2D eigenvalue weighted by molar-refractivity contribution is -0.116. The molecular weight excluding hydrogens is 344 g/mol. The number of fused-ring (bicyclic) bond motifs is 1. The van der Waals surface area contributed by atoms with E-state index in [1.54, 1.807) is 11.3 Å². The third-order valence-electron chi connectivity index (χ3n) is 5.22. The maximum absolute atomic E-state index is 12.4. The number of carbonyl (C=O) groups is 1. The number of carbonyl (C=O) groups excluding carboxylic acids is 1. The van der Waals surface area contributed by atoms with E-state index in [0.717, 1.165) is 29.2 Å². The molecule has 2 aliphatic rings. The predicted molar refractivity (Wildman–Crippen MR) is 106 cm³/mol. The molecule has 0 aliphatic carbocycles. The zero-order chi connectivity index (χ0) is 18.1. The molecule has 1 amide bonds. The van der Waals surface area contributed by atoms with Crippen molar-refractivity contribution in [2.24, 2.45) is 0 Å². The van der Waals surface area contributed by atoms with Crippen LogP contribution in [0.4, 0.5) is 11.4 Å². The van der Waals surface area contributed by atoms with Gasteiger partial charge in [-0.3, -0.25) is 4.79 Å². The molecule has 1 fully saturated rings. The van der Waals surface area contributed by atoms with Gasteiger partial charge in [0.2, 0.25) is 5.91 Å². The van der Waals surface area contributed by atoms with E-state index in [2.05, 4.69) is 41.1 Å². The van der Waals surface area contributed by atoms with Crippen molar-refractivity contribution < 1.29 is 9.90 Å². The molecule has 0 bridgehead atoms. The van der Waals surface area contributed by atoms with E-state index >= 15 is 0 Å². The van der Waals surface area contributed by atoms with Crippen molar-refractivity contribution in [1.82, 2.24) is 0 Å². The number of aliphatic hydroxyl groups is 1. The number of nitrogens with zero attached hydrogens (tertiary/aromatic N) is 1. The fourth-order valence-electron chi connectivity index (χ4n) is 3.96. The molecule has 2 aromatic rings. The third-order valence-corrected chi connectivity index (χ3v) is 6.27. The Morgan fingerprint density at radius 3 is 2.92 bits per heavy atom. The van der Waals surface area contributed by atoms with Crippen LogP contribution in [0.5, 0.6) is 0 Å². The molecule has 2 aliphatic heterocycles. The minimum atomic E-state index is -0.141. The molecule has 4 nitrogen and oxygen atoms in total. The molecule has 1 saturated heterocycles. The minimum Gasteiger partial charge on any atom is -0.384 e. The molecule has 134 valence electrons. The largest absolute Gasteiger partial charge is 0.384 e. The van der Waals surface area contributed by atoms with Crippen molar-refractivity contribution in [3.8, 4) is 11.8 Å². The number of hydrogen-bond donors (Lipinski definition) is 2. The maximum Gasteiger partial charge on any atom is 0.225 e. The van der Waals surface area contributed by atoms with Crippen molar-refractivity contribution in [3.05, 3.63) is 45.1 Å². The normalized spacial score (nSPS) is 18.9. The highest BCUT2D eigenvalue weighted by Gasteiger charge is 2.30. The number of nitrogens with one attached hydrogen (secondary N) is 1. The highest BCUT2D eigenvalue weighted by Crippen LogP contribution is 2.43. The first-order valence-corrected chi connectivity index (χ1v) is 9.92. The van der Waals surface area contributed by atoms with Gasteiger partial charge in [-0.2, -0.15) is 0 Å². The van der Waals surface area contributed by atoms with E-state index in [1.807, 2.05) is 11.4 Å². The second-order valence-electron chi connectivity index (χ2n) is 6.87. The summed E-state index contributed by atoms with van der Waals surface area (Å²) in [7, 11) is 0. The summed E-state index contributed by atoms with van der Waals surface area (Å²) in [6.45, 7) is 4.16. The molecule has 1 aromatic carbocycles. The topological polar surface area (TPSA) is 52.6 Å². The molecule has 5 heteroatoms. The minimum absolute atomic E-state index is 0.0692. The summed E-state index contributed by atoms with van der Waals surface area (Å²) in [6.07, 6.45) is 2.93. The Hall–Kier alpha value is -2.29. The number of aliphatic hydroxyl groups excluding tert-OH is 1. The van der Waals surface area contributed by atoms with Crippen molar-refractivity contribution in [2.45, 2.75) is 32.1 Å². The van der Waals surface area contributed by atoms with Gasteiger partial charge in [0.05, 0.1) is 0 Å². The molecule has 2 N–H and O–H groups in total. The van der Waals surface area contributed by atoms with Crippen LogP contribution in [0.25, 0.3) is 0 Å². The summed E-state index contributed by atoms with van der Waals surface area (Å²) in [5.41, 5.74) is 5.47. The standard InChI is InChI=1S/C21H22N2O2S/c1-14-18(23-8-2-3-9-23)7-6-16-17(12-20(25)22-21(14)16)19-11-15(13-26-19)5-4-10-24/h6-7,11,13,17,24H,2-3,8-10,12H2,1H3,(H,22,25). The van der Waals surface area contributed by atoms with Gasteiger partial charge in [0.1, 0.15) is 6.61 Å². The summed E-state index contributed by atoms with van der Waals surface area (Å²) in [4.78, 5) is 16.0. The Labute approximate surface area is 157 Å². The Kier molecular flexibility index (Phi) is 4.71. The van der Waals surface area contributed by atoms with Gasteiger partial charge in [0.25, 0.3) is 0 Å². The lowest BCUT2D eigenvalue weighted by Crippen LogP contribution is -2.26. The summed E-state index contributed by atoms with van der Waals surface area (Å²) in [5, 5.41) is 14.0. The first-order chi connectivity index (χ1) is 12.7. The van der Waals surface area contributed by atoms with Crippen molar-refractivity contribution in [3.63, 3.8) is 0 Å². The van der Waals surface area contributed by atoms with E-state index in [4.69, 9.17) is 5.11 Å². The molecule has 0 radical (unpaired) electrons. The van der Waals surface area contributed by atoms with Gasteiger partial charge in [-0.1, -0.05) is 17.9 Å². The molecule has 4 rings (SSSR count). The molecule has 26 heavy (non-hydrogen) atoms. The fraction of sp³-hybridized carbons (Fsp3) is 0.381. The third kappa shape index (κ3) is 3.11. The highest BCUT2D eigenvalue weighted by molar-refractivity contribution is 7.10. The smallest absolute Gasteiger partial charge is 0.225 e. The number of thiophene rings is 1. The molecule has 0 spiro atoms. The SMILES string of the molecule is Cc1c(N2CCCC2)ccc2c1NC(=O)CC2c1cc(C#CCO)cs1. The van der Waals surface area contributed by atoms with E-state index < -0.39 is 0 Å². The van der Waals surface area contributed by atoms with E-state index in [9.17, 15) is 4.79 Å².